The Morgan fingerprint density at radius 2 is 2.00 bits per heavy atom. The summed E-state index contributed by atoms with van der Waals surface area (Å²) in [5, 5.41) is 10.3. The average molecular weight is 332 g/mol. The lowest BCUT2D eigenvalue weighted by atomic mass is 10.1. The van der Waals surface area contributed by atoms with Crippen molar-refractivity contribution in [2.75, 3.05) is 13.7 Å². The Bertz CT molecular complexity index is 542. The molecule has 24 heavy (non-hydrogen) atoms. The lowest BCUT2D eigenvalue weighted by Gasteiger charge is -2.14. The molecule has 4 nitrogen and oxygen atoms in total. The molecule has 0 radical (unpaired) electrons. The van der Waals surface area contributed by atoms with Gasteiger partial charge in [0.1, 0.15) is 5.75 Å². The van der Waals surface area contributed by atoms with Gasteiger partial charge in [0, 0.05) is 24.8 Å². The molecule has 1 rings (SSSR count). The highest BCUT2D eigenvalue weighted by Crippen LogP contribution is 2.27. The molecule has 132 valence electrons. The third-order valence-corrected chi connectivity index (χ3v) is 3.61. The molecular weight excluding hydrogens is 304 g/mol. The first-order valence-electron chi connectivity index (χ1n) is 8.61. The van der Waals surface area contributed by atoms with Gasteiger partial charge in [0.2, 0.25) is 0 Å². The predicted octanol–water partition coefficient (Wildman–Crippen LogP) is 4.03. The van der Waals surface area contributed by atoms with Crippen molar-refractivity contribution in [3.63, 3.8) is 0 Å². The molecule has 1 atom stereocenters. The number of ether oxygens (including phenoxy) is 2. The second-order valence-corrected chi connectivity index (χ2v) is 5.60. The van der Waals surface area contributed by atoms with Gasteiger partial charge in [0.15, 0.2) is 0 Å². The molecule has 0 aliphatic rings. The van der Waals surface area contributed by atoms with Crippen molar-refractivity contribution in [3.8, 4) is 17.6 Å². The number of aliphatic hydroxyl groups excluding tert-OH is 1. The smallest absolute Gasteiger partial charge is 0.305 e. The first-order valence-corrected chi connectivity index (χ1v) is 8.61. The average Bonchev–Trinajstić information content (AvgIpc) is 2.61. The topological polar surface area (TPSA) is 55.8 Å². The van der Waals surface area contributed by atoms with Crippen molar-refractivity contribution in [2.45, 2.75) is 58.0 Å². The fourth-order valence-electron chi connectivity index (χ4n) is 2.21. The summed E-state index contributed by atoms with van der Waals surface area (Å²) in [6.07, 6.45) is 4.67. The largest absolute Gasteiger partial charge is 0.493 e. The van der Waals surface area contributed by atoms with Gasteiger partial charge in [0.25, 0.3) is 0 Å². The lowest BCUT2D eigenvalue weighted by molar-refractivity contribution is -0.140. The maximum atomic E-state index is 11.0. The van der Waals surface area contributed by atoms with Gasteiger partial charge in [-0.25, -0.2) is 0 Å². The molecule has 1 N–H and O–H groups in total. The van der Waals surface area contributed by atoms with Crippen LogP contribution in [0.25, 0.3) is 0 Å². The minimum Gasteiger partial charge on any atom is -0.493 e. The summed E-state index contributed by atoms with van der Waals surface area (Å²) in [5.41, 5.74) is 0.776. The van der Waals surface area contributed by atoms with Gasteiger partial charge in [-0.05, 0) is 18.9 Å². The predicted molar refractivity (Wildman–Crippen MR) is 94.7 cm³/mol. The van der Waals surface area contributed by atoms with E-state index in [1.807, 2.05) is 24.3 Å². The zero-order valence-electron chi connectivity index (χ0n) is 14.7. The monoisotopic (exact) mass is 332 g/mol. The van der Waals surface area contributed by atoms with Crippen molar-refractivity contribution >= 4 is 5.97 Å². The lowest BCUT2D eigenvalue weighted by Crippen LogP contribution is -2.03. The van der Waals surface area contributed by atoms with Gasteiger partial charge in [-0.15, -0.1) is 11.8 Å². The van der Waals surface area contributed by atoms with E-state index in [1.54, 1.807) is 0 Å². The number of para-hydroxylation sites is 1. The van der Waals surface area contributed by atoms with Gasteiger partial charge in [0.05, 0.1) is 19.8 Å². The molecule has 0 heterocycles. The summed E-state index contributed by atoms with van der Waals surface area (Å²) >= 11 is 0. The fraction of sp³-hybridized carbons (Fsp3) is 0.550. The number of carbonyl (C=O) groups excluding carboxylic acids is 1. The summed E-state index contributed by atoms with van der Waals surface area (Å²) in [4.78, 5) is 11.0. The molecule has 0 spiro atoms. The molecular formula is C20H28O4. The normalized spacial score (nSPS) is 11.3. The zero-order valence-corrected chi connectivity index (χ0v) is 14.7. The summed E-state index contributed by atoms with van der Waals surface area (Å²) in [6, 6.07) is 7.55. The van der Waals surface area contributed by atoms with E-state index in [0.29, 0.717) is 32.3 Å². The number of esters is 1. The molecule has 0 bridgehead atoms. The number of hydrogen-bond acceptors (Lipinski definition) is 4. The Balaban J connectivity index is 2.44. The second kappa shape index (κ2) is 12.4. The SMILES string of the molecule is CCCCCOc1ccccc1[C@@H](O)CC#CCCCC(=O)OC. The molecule has 0 fully saturated rings. The first-order chi connectivity index (χ1) is 11.7. The third-order valence-electron chi connectivity index (χ3n) is 3.61. The standard InChI is InChI=1S/C20H28O4/c1-3-4-11-16-24-19-14-10-9-12-17(19)18(21)13-7-5-6-8-15-20(22)23-2/h9-10,12,14,18,21H,3-4,6,8,11,13,15-16H2,1-2H3/t18-/m0/s1. The Hall–Kier alpha value is -1.99. The molecule has 0 aliphatic carbocycles. The molecule has 0 aromatic heterocycles. The van der Waals surface area contributed by atoms with Crippen molar-refractivity contribution in [2.24, 2.45) is 0 Å². The van der Waals surface area contributed by atoms with Crippen LogP contribution in [0.3, 0.4) is 0 Å². The molecule has 4 heteroatoms. The Kier molecular flexibility index (Phi) is 10.4. The van der Waals surface area contributed by atoms with Crippen LogP contribution >= 0.6 is 0 Å². The molecule has 0 amide bonds. The molecule has 0 unspecified atom stereocenters. The minimum absolute atomic E-state index is 0.217. The summed E-state index contributed by atoms with van der Waals surface area (Å²) in [5.74, 6) is 6.47. The van der Waals surface area contributed by atoms with Crippen LogP contribution in [0, 0.1) is 11.8 Å². The maximum Gasteiger partial charge on any atom is 0.305 e. The van der Waals surface area contributed by atoms with Crippen molar-refractivity contribution in [3.05, 3.63) is 29.8 Å². The van der Waals surface area contributed by atoms with Crippen LogP contribution in [0.5, 0.6) is 5.75 Å². The number of hydrogen-bond donors (Lipinski definition) is 1. The first kappa shape index (κ1) is 20.1. The second-order valence-electron chi connectivity index (χ2n) is 5.60. The number of unbranched alkanes of at least 4 members (excludes halogenated alkanes) is 3. The number of benzene rings is 1. The van der Waals surface area contributed by atoms with Crippen LogP contribution in [-0.4, -0.2) is 24.8 Å². The van der Waals surface area contributed by atoms with Gasteiger partial charge in [-0.2, -0.15) is 0 Å². The highest BCUT2D eigenvalue weighted by atomic mass is 16.5. The van der Waals surface area contributed by atoms with E-state index in [4.69, 9.17) is 4.74 Å². The van der Waals surface area contributed by atoms with E-state index in [0.717, 1.165) is 30.6 Å². The van der Waals surface area contributed by atoms with E-state index in [9.17, 15) is 9.90 Å². The van der Waals surface area contributed by atoms with Gasteiger partial charge in [-0.1, -0.05) is 38.0 Å². The number of rotatable bonds is 10. The van der Waals surface area contributed by atoms with E-state index in [-0.39, 0.29) is 5.97 Å². The maximum absolute atomic E-state index is 11.0. The van der Waals surface area contributed by atoms with E-state index >= 15 is 0 Å². The van der Waals surface area contributed by atoms with Crippen molar-refractivity contribution < 1.29 is 19.4 Å². The highest BCUT2D eigenvalue weighted by molar-refractivity contribution is 5.69. The van der Waals surface area contributed by atoms with Crippen LogP contribution in [-0.2, 0) is 9.53 Å². The van der Waals surface area contributed by atoms with Crippen LogP contribution in [0.15, 0.2) is 24.3 Å². The molecule has 1 aromatic rings. The van der Waals surface area contributed by atoms with Crippen LogP contribution in [0.1, 0.15) is 63.5 Å². The van der Waals surface area contributed by atoms with Crippen LogP contribution < -0.4 is 4.74 Å². The minimum atomic E-state index is -0.666. The Morgan fingerprint density at radius 1 is 1.21 bits per heavy atom. The van der Waals surface area contributed by atoms with Crippen LogP contribution in [0.4, 0.5) is 0 Å². The molecule has 0 saturated carbocycles. The Labute approximate surface area is 145 Å². The number of carbonyl (C=O) groups is 1. The van der Waals surface area contributed by atoms with Crippen LogP contribution in [0.2, 0.25) is 0 Å². The Morgan fingerprint density at radius 3 is 2.75 bits per heavy atom. The summed E-state index contributed by atoms with van der Waals surface area (Å²) < 4.78 is 10.4. The number of aliphatic hydroxyl groups is 1. The van der Waals surface area contributed by atoms with Crippen molar-refractivity contribution in [1.82, 2.24) is 0 Å². The van der Waals surface area contributed by atoms with E-state index < -0.39 is 6.10 Å². The highest BCUT2D eigenvalue weighted by Gasteiger charge is 2.11. The molecule has 0 aliphatic heterocycles. The van der Waals surface area contributed by atoms with E-state index in [2.05, 4.69) is 23.5 Å². The van der Waals surface area contributed by atoms with Gasteiger partial charge in [-0.3, -0.25) is 4.79 Å². The summed E-state index contributed by atoms with van der Waals surface area (Å²) in [6.45, 7) is 2.82. The van der Waals surface area contributed by atoms with E-state index in [1.165, 1.54) is 7.11 Å². The fourth-order valence-corrected chi connectivity index (χ4v) is 2.21. The quantitative estimate of drug-likeness (QED) is 0.399. The zero-order chi connectivity index (χ0) is 17.6. The third kappa shape index (κ3) is 8.03. The van der Waals surface area contributed by atoms with Crippen molar-refractivity contribution in [1.29, 1.82) is 0 Å². The van der Waals surface area contributed by atoms with Gasteiger partial charge >= 0.3 is 5.97 Å². The van der Waals surface area contributed by atoms with Gasteiger partial charge < -0.3 is 14.6 Å². The molecule has 0 saturated heterocycles. The number of methoxy groups -OCH3 is 1. The summed E-state index contributed by atoms with van der Waals surface area (Å²) in [7, 11) is 1.38. The molecule has 1 aromatic carbocycles.